The topological polar surface area (TPSA) is 99.4 Å². The molecule has 1 aliphatic rings. The smallest absolute Gasteiger partial charge is 0.255 e. The number of likely N-dealkylation sites (tertiary alicyclic amines) is 1. The van der Waals surface area contributed by atoms with Crippen LogP contribution in [-0.2, 0) is 5.60 Å². The highest BCUT2D eigenvalue weighted by Gasteiger charge is 2.39. The Hall–Kier alpha value is -2.74. The van der Waals surface area contributed by atoms with Crippen molar-refractivity contribution in [2.45, 2.75) is 18.4 Å². The first-order valence-corrected chi connectivity index (χ1v) is 7.45. The number of H-pyrrole nitrogens is 1. The number of aromatic nitrogens is 5. The largest absolute Gasteiger partial charge is 0.382 e. The van der Waals surface area contributed by atoms with Gasteiger partial charge in [-0.2, -0.15) is 15.4 Å². The van der Waals surface area contributed by atoms with Gasteiger partial charge in [-0.1, -0.05) is 0 Å². The molecule has 4 heterocycles. The minimum absolute atomic E-state index is 0.109. The summed E-state index contributed by atoms with van der Waals surface area (Å²) in [5, 5.41) is 21.0. The van der Waals surface area contributed by atoms with Crippen LogP contribution in [0.4, 0.5) is 0 Å². The molecular formula is C15H16N6O2. The van der Waals surface area contributed by atoms with Crippen molar-refractivity contribution in [2.24, 2.45) is 0 Å². The molecule has 4 rings (SSSR count). The highest BCUT2D eigenvalue weighted by molar-refractivity contribution is 5.94. The lowest BCUT2D eigenvalue weighted by atomic mass is 9.89. The van der Waals surface area contributed by atoms with Crippen LogP contribution in [0.25, 0.3) is 5.52 Å². The molecule has 8 heteroatoms. The molecule has 1 saturated heterocycles. The normalized spacial score (nSPS) is 21.7. The molecule has 118 valence electrons. The number of imidazole rings is 1. The van der Waals surface area contributed by atoms with Gasteiger partial charge in [0.25, 0.3) is 5.91 Å². The Labute approximate surface area is 131 Å². The van der Waals surface area contributed by atoms with Crippen LogP contribution in [0.5, 0.6) is 0 Å². The Morgan fingerprint density at radius 3 is 3.09 bits per heavy atom. The third kappa shape index (κ3) is 2.36. The second-order valence-electron chi connectivity index (χ2n) is 5.86. The minimum atomic E-state index is -1.15. The SMILES string of the molecule is O=C(c1ccc2cncn2c1)N1CCC[C@](O)(c2cn[nH]n2)C1. The molecular weight excluding hydrogens is 296 g/mol. The number of fused-ring (bicyclic) bond motifs is 1. The monoisotopic (exact) mass is 312 g/mol. The molecule has 1 atom stereocenters. The zero-order chi connectivity index (χ0) is 15.9. The minimum Gasteiger partial charge on any atom is -0.382 e. The average molecular weight is 312 g/mol. The molecule has 1 fully saturated rings. The summed E-state index contributed by atoms with van der Waals surface area (Å²) in [6.07, 6.45) is 7.93. The van der Waals surface area contributed by atoms with E-state index in [1.807, 2.05) is 6.07 Å². The summed E-state index contributed by atoms with van der Waals surface area (Å²) >= 11 is 0. The van der Waals surface area contributed by atoms with E-state index >= 15 is 0 Å². The van der Waals surface area contributed by atoms with E-state index < -0.39 is 5.60 Å². The molecule has 0 saturated carbocycles. The van der Waals surface area contributed by atoms with Crippen LogP contribution in [-0.4, -0.2) is 53.8 Å². The van der Waals surface area contributed by atoms with Crippen LogP contribution >= 0.6 is 0 Å². The van der Waals surface area contributed by atoms with Crippen molar-refractivity contribution in [1.29, 1.82) is 0 Å². The third-order valence-electron chi connectivity index (χ3n) is 4.30. The van der Waals surface area contributed by atoms with Crippen LogP contribution in [0.1, 0.15) is 28.9 Å². The van der Waals surface area contributed by atoms with Gasteiger partial charge in [0.15, 0.2) is 0 Å². The molecule has 1 aliphatic heterocycles. The van der Waals surface area contributed by atoms with Gasteiger partial charge in [0.1, 0.15) is 11.3 Å². The Balaban J connectivity index is 1.60. The first kappa shape index (κ1) is 13.9. The zero-order valence-corrected chi connectivity index (χ0v) is 12.4. The van der Waals surface area contributed by atoms with E-state index in [-0.39, 0.29) is 12.5 Å². The van der Waals surface area contributed by atoms with Gasteiger partial charge in [0.2, 0.25) is 0 Å². The Morgan fingerprint density at radius 2 is 2.26 bits per heavy atom. The van der Waals surface area contributed by atoms with Crippen LogP contribution in [0.2, 0.25) is 0 Å². The summed E-state index contributed by atoms with van der Waals surface area (Å²) < 4.78 is 1.81. The number of pyridine rings is 1. The first-order chi connectivity index (χ1) is 11.2. The lowest BCUT2D eigenvalue weighted by molar-refractivity contribution is -0.0320. The van der Waals surface area contributed by atoms with Gasteiger partial charge >= 0.3 is 0 Å². The number of carbonyl (C=O) groups is 1. The van der Waals surface area contributed by atoms with E-state index in [1.165, 1.54) is 6.20 Å². The summed E-state index contributed by atoms with van der Waals surface area (Å²) in [6.45, 7) is 0.821. The molecule has 0 aliphatic carbocycles. The number of nitrogens with one attached hydrogen (secondary N) is 1. The van der Waals surface area contributed by atoms with E-state index in [1.54, 1.807) is 34.1 Å². The highest BCUT2D eigenvalue weighted by atomic mass is 16.3. The number of β-amino-alcohol motifs (C(OH)–C–C–N with tert-alkyl or cyclic N) is 1. The predicted octanol–water partition coefficient (Wildman–Crippen LogP) is 0.576. The molecule has 8 nitrogen and oxygen atoms in total. The second kappa shape index (κ2) is 5.17. The third-order valence-corrected chi connectivity index (χ3v) is 4.30. The van der Waals surface area contributed by atoms with Crippen LogP contribution in [0.3, 0.4) is 0 Å². The second-order valence-corrected chi connectivity index (χ2v) is 5.86. The van der Waals surface area contributed by atoms with E-state index in [0.29, 0.717) is 30.6 Å². The molecule has 0 radical (unpaired) electrons. The summed E-state index contributed by atoms with van der Waals surface area (Å²) in [4.78, 5) is 18.5. The summed E-state index contributed by atoms with van der Waals surface area (Å²) in [5.74, 6) is -0.109. The van der Waals surface area contributed by atoms with Crippen molar-refractivity contribution in [3.05, 3.63) is 48.3 Å². The van der Waals surface area contributed by atoms with Gasteiger partial charge in [-0.25, -0.2) is 4.98 Å². The van der Waals surface area contributed by atoms with Gasteiger partial charge in [-0.3, -0.25) is 4.79 Å². The molecule has 3 aromatic rings. The molecule has 0 aromatic carbocycles. The van der Waals surface area contributed by atoms with E-state index in [2.05, 4.69) is 20.4 Å². The maximum atomic E-state index is 12.8. The maximum Gasteiger partial charge on any atom is 0.255 e. The molecule has 1 amide bonds. The summed E-state index contributed by atoms with van der Waals surface area (Å²) in [7, 11) is 0. The standard InChI is InChI=1S/C15H16N6O2/c22-14(11-2-3-12-6-16-10-21(12)8-11)20-5-1-4-15(23,9-20)13-7-17-19-18-13/h2-3,6-8,10,23H,1,4-5,9H2,(H,17,18,19)/t15-/m1/s1. The lowest BCUT2D eigenvalue weighted by Gasteiger charge is -2.38. The summed E-state index contributed by atoms with van der Waals surface area (Å²) in [5.41, 5.74) is 0.819. The van der Waals surface area contributed by atoms with Gasteiger partial charge in [-0.15, -0.1) is 0 Å². The fourth-order valence-corrected chi connectivity index (χ4v) is 3.07. The predicted molar refractivity (Wildman–Crippen MR) is 80.6 cm³/mol. The number of nitrogens with zero attached hydrogens (tertiary/aromatic N) is 5. The Bertz CT molecular complexity index is 843. The fraction of sp³-hybridized carbons (Fsp3) is 0.333. The molecule has 0 bridgehead atoms. The number of hydrogen-bond acceptors (Lipinski definition) is 5. The summed E-state index contributed by atoms with van der Waals surface area (Å²) in [6, 6.07) is 3.64. The molecule has 2 N–H and O–H groups in total. The average Bonchev–Trinajstić information content (AvgIpc) is 3.25. The van der Waals surface area contributed by atoms with Crippen molar-refractivity contribution in [1.82, 2.24) is 29.7 Å². The van der Waals surface area contributed by atoms with E-state index in [0.717, 1.165) is 5.52 Å². The van der Waals surface area contributed by atoms with E-state index in [4.69, 9.17) is 0 Å². The number of aliphatic hydroxyl groups is 1. The van der Waals surface area contributed by atoms with Crippen LogP contribution < -0.4 is 0 Å². The Kier molecular flexibility index (Phi) is 3.12. The fourth-order valence-electron chi connectivity index (χ4n) is 3.07. The van der Waals surface area contributed by atoms with Gasteiger partial charge in [-0.05, 0) is 25.0 Å². The van der Waals surface area contributed by atoms with Crippen molar-refractivity contribution in [3.8, 4) is 0 Å². The maximum absolute atomic E-state index is 12.8. The van der Waals surface area contributed by atoms with Crippen molar-refractivity contribution in [3.63, 3.8) is 0 Å². The molecule has 3 aromatic heterocycles. The zero-order valence-electron chi connectivity index (χ0n) is 12.4. The van der Waals surface area contributed by atoms with Gasteiger partial charge < -0.3 is 14.4 Å². The molecule has 23 heavy (non-hydrogen) atoms. The van der Waals surface area contributed by atoms with Crippen LogP contribution in [0.15, 0.2) is 37.1 Å². The molecule has 0 unspecified atom stereocenters. The lowest BCUT2D eigenvalue weighted by Crippen LogP contribution is -2.48. The van der Waals surface area contributed by atoms with E-state index in [9.17, 15) is 9.90 Å². The highest BCUT2D eigenvalue weighted by Crippen LogP contribution is 2.30. The number of rotatable bonds is 2. The number of hydrogen-bond donors (Lipinski definition) is 2. The van der Waals surface area contributed by atoms with Crippen molar-refractivity contribution < 1.29 is 9.90 Å². The van der Waals surface area contributed by atoms with Gasteiger partial charge in [0.05, 0.1) is 36.3 Å². The first-order valence-electron chi connectivity index (χ1n) is 7.45. The van der Waals surface area contributed by atoms with Crippen molar-refractivity contribution in [2.75, 3.05) is 13.1 Å². The molecule has 0 spiro atoms. The number of aromatic amines is 1. The number of piperidine rings is 1. The van der Waals surface area contributed by atoms with Gasteiger partial charge in [0, 0.05) is 12.7 Å². The van der Waals surface area contributed by atoms with Crippen LogP contribution in [0, 0.1) is 0 Å². The number of carbonyl (C=O) groups excluding carboxylic acids is 1. The Morgan fingerprint density at radius 1 is 1.35 bits per heavy atom. The van der Waals surface area contributed by atoms with Crippen molar-refractivity contribution >= 4 is 11.4 Å². The number of amides is 1. The quantitative estimate of drug-likeness (QED) is 0.721.